The SMILES string of the molecule is Cc1cc(C)c(-c2cnc(CCNCC(C)C)o2)c(C)c1. The van der Waals surface area contributed by atoms with Gasteiger partial charge in [-0.05, 0) is 44.4 Å². The number of hydrogen-bond acceptors (Lipinski definition) is 3. The number of rotatable bonds is 6. The Morgan fingerprint density at radius 1 is 1.14 bits per heavy atom. The summed E-state index contributed by atoms with van der Waals surface area (Å²) in [5, 5.41) is 3.41. The molecule has 0 spiro atoms. The van der Waals surface area contributed by atoms with Crippen LogP contribution in [0.25, 0.3) is 11.3 Å². The normalized spacial score (nSPS) is 11.3. The van der Waals surface area contributed by atoms with Crippen molar-refractivity contribution >= 4 is 0 Å². The molecule has 0 aliphatic rings. The van der Waals surface area contributed by atoms with Gasteiger partial charge >= 0.3 is 0 Å². The predicted molar refractivity (Wildman–Crippen MR) is 87.6 cm³/mol. The molecule has 114 valence electrons. The Kier molecular flexibility index (Phi) is 5.18. The van der Waals surface area contributed by atoms with Gasteiger partial charge in [-0.2, -0.15) is 0 Å². The quantitative estimate of drug-likeness (QED) is 0.814. The van der Waals surface area contributed by atoms with Crippen molar-refractivity contribution in [2.24, 2.45) is 5.92 Å². The molecule has 0 fully saturated rings. The van der Waals surface area contributed by atoms with Gasteiger partial charge < -0.3 is 9.73 Å². The molecule has 1 heterocycles. The Morgan fingerprint density at radius 3 is 2.43 bits per heavy atom. The molecule has 3 nitrogen and oxygen atoms in total. The monoisotopic (exact) mass is 286 g/mol. The summed E-state index contributed by atoms with van der Waals surface area (Å²) in [5.41, 5.74) is 4.95. The Morgan fingerprint density at radius 2 is 1.81 bits per heavy atom. The Bertz CT molecular complexity index is 576. The molecule has 2 aromatic rings. The number of aryl methyl sites for hydroxylation is 3. The Balaban J connectivity index is 2.06. The van der Waals surface area contributed by atoms with Gasteiger partial charge in [0.2, 0.25) is 0 Å². The zero-order valence-corrected chi connectivity index (χ0v) is 13.8. The van der Waals surface area contributed by atoms with Crippen molar-refractivity contribution in [1.29, 1.82) is 0 Å². The second-order valence-electron chi connectivity index (χ2n) is 6.24. The second-order valence-corrected chi connectivity index (χ2v) is 6.24. The molecule has 0 aliphatic carbocycles. The summed E-state index contributed by atoms with van der Waals surface area (Å²) in [6, 6.07) is 4.38. The van der Waals surface area contributed by atoms with E-state index in [2.05, 4.69) is 57.1 Å². The van der Waals surface area contributed by atoms with Crippen LogP contribution in [0.5, 0.6) is 0 Å². The predicted octanol–water partition coefficient (Wildman–Crippen LogP) is 4.05. The van der Waals surface area contributed by atoms with E-state index in [0.717, 1.165) is 31.2 Å². The lowest BCUT2D eigenvalue weighted by atomic mass is 9.98. The maximum absolute atomic E-state index is 5.93. The van der Waals surface area contributed by atoms with Crippen molar-refractivity contribution in [3.05, 3.63) is 40.9 Å². The number of oxazole rings is 1. The maximum atomic E-state index is 5.93. The number of nitrogens with zero attached hydrogens (tertiary/aromatic N) is 1. The topological polar surface area (TPSA) is 38.1 Å². The maximum Gasteiger partial charge on any atom is 0.196 e. The van der Waals surface area contributed by atoms with Gasteiger partial charge in [-0.3, -0.25) is 0 Å². The molecule has 1 N–H and O–H groups in total. The zero-order chi connectivity index (χ0) is 15.4. The first-order valence-corrected chi connectivity index (χ1v) is 7.71. The lowest BCUT2D eigenvalue weighted by Crippen LogP contribution is -2.22. The number of benzene rings is 1. The third-order valence-corrected chi connectivity index (χ3v) is 3.55. The highest BCUT2D eigenvalue weighted by Gasteiger charge is 2.12. The minimum Gasteiger partial charge on any atom is -0.441 e. The molecule has 0 saturated heterocycles. The van der Waals surface area contributed by atoms with Crippen LogP contribution in [0, 0.1) is 26.7 Å². The first kappa shape index (κ1) is 15.8. The third-order valence-electron chi connectivity index (χ3n) is 3.55. The van der Waals surface area contributed by atoms with Gasteiger partial charge in [-0.15, -0.1) is 0 Å². The van der Waals surface area contributed by atoms with Crippen LogP contribution in [0.1, 0.15) is 36.4 Å². The van der Waals surface area contributed by atoms with E-state index in [1.54, 1.807) is 0 Å². The summed E-state index contributed by atoms with van der Waals surface area (Å²) in [6.07, 6.45) is 2.68. The third kappa shape index (κ3) is 4.18. The van der Waals surface area contributed by atoms with Gasteiger partial charge in [0.25, 0.3) is 0 Å². The molecule has 0 aliphatic heterocycles. The van der Waals surface area contributed by atoms with Gasteiger partial charge in [0.15, 0.2) is 11.7 Å². The van der Waals surface area contributed by atoms with Crippen LogP contribution in [-0.4, -0.2) is 18.1 Å². The van der Waals surface area contributed by atoms with E-state index in [9.17, 15) is 0 Å². The first-order chi connectivity index (χ1) is 9.97. The minimum absolute atomic E-state index is 0.669. The summed E-state index contributed by atoms with van der Waals surface area (Å²) in [5.74, 6) is 2.35. The fraction of sp³-hybridized carbons (Fsp3) is 0.500. The summed E-state index contributed by atoms with van der Waals surface area (Å²) >= 11 is 0. The van der Waals surface area contributed by atoms with Crippen LogP contribution in [0.2, 0.25) is 0 Å². The van der Waals surface area contributed by atoms with E-state index >= 15 is 0 Å². The van der Waals surface area contributed by atoms with Gasteiger partial charge in [0.05, 0.1) is 6.20 Å². The fourth-order valence-electron chi connectivity index (χ4n) is 2.70. The number of hydrogen-bond donors (Lipinski definition) is 1. The fourth-order valence-corrected chi connectivity index (χ4v) is 2.70. The van der Waals surface area contributed by atoms with Crippen molar-refractivity contribution in [1.82, 2.24) is 10.3 Å². The Hall–Kier alpha value is -1.61. The molecule has 0 radical (unpaired) electrons. The highest BCUT2D eigenvalue weighted by Crippen LogP contribution is 2.28. The van der Waals surface area contributed by atoms with E-state index < -0.39 is 0 Å². The standard InChI is InChI=1S/C18H26N2O/c1-12(2)10-19-7-6-17-20-11-16(21-17)18-14(4)8-13(3)9-15(18)5/h8-9,11-12,19H,6-7,10H2,1-5H3. The van der Waals surface area contributed by atoms with Crippen molar-refractivity contribution in [3.63, 3.8) is 0 Å². The molecule has 0 saturated carbocycles. The van der Waals surface area contributed by atoms with Crippen molar-refractivity contribution < 1.29 is 4.42 Å². The van der Waals surface area contributed by atoms with E-state index in [0.29, 0.717) is 5.92 Å². The van der Waals surface area contributed by atoms with Gasteiger partial charge in [0, 0.05) is 18.5 Å². The van der Waals surface area contributed by atoms with Crippen LogP contribution < -0.4 is 5.32 Å². The Labute approximate surface area is 127 Å². The first-order valence-electron chi connectivity index (χ1n) is 7.71. The van der Waals surface area contributed by atoms with Crippen LogP contribution in [0.15, 0.2) is 22.7 Å². The summed E-state index contributed by atoms with van der Waals surface area (Å²) < 4.78 is 5.93. The highest BCUT2D eigenvalue weighted by atomic mass is 16.4. The molecule has 0 bridgehead atoms. The summed E-state index contributed by atoms with van der Waals surface area (Å²) in [7, 11) is 0. The van der Waals surface area contributed by atoms with Crippen molar-refractivity contribution in [3.8, 4) is 11.3 Å². The van der Waals surface area contributed by atoms with Gasteiger partial charge in [-0.1, -0.05) is 31.5 Å². The summed E-state index contributed by atoms with van der Waals surface area (Å²) in [4.78, 5) is 4.41. The van der Waals surface area contributed by atoms with E-state index in [-0.39, 0.29) is 0 Å². The van der Waals surface area contributed by atoms with Crippen LogP contribution in [0.3, 0.4) is 0 Å². The van der Waals surface area contributed by atoms with E-state index in [4.69, 9.17) is 4.42 Å². The highest BCUT2D eigenvalue weighted by molar-refractivity contribution is 5.66. The molecule has 2 rings (SSSR count). The number of nitrogens with one attached hydrogen (secondary N) is 1. The molecule has 0 amide bonds. The van der Waals surface area contributed by atoms with Gasteiger partial charge in [0.1, 0.15) is 0 Å². The minimum atomic E-state index is 0.669. The summed E-state index contributed by atoms with van der Waals surface area (Å²) in [6.45, 7) is 12.7. The molecule has 0 unspecified atom stereocenters. The van der Waals surface area contributed by atoms with E-state index in [1.807, 2.05) is 6.20 Å². The molecular formula is C18H26N2O. The molecule has 1 aromatic carbocycles. The molecule has 21 heavy (non-hydrogen) atoms. The smallest absolute Gasteiger partial charge is 0.196 e. The van der Waals surface area contributed by atoms with E-state index in [1.165, 1.54) is 22.3 Å². The lowest BCUT2D eigenvalue weighted by molar-refractivity contribution is 0.482. The number of aromatic nitrogens is 1. The van der Waals surface area contributed by atoms with Crippen LogP contribution >= 0.6 is 0 Å². The molecule has 3 heteroatoms. The van der Waals surface area contributed by atoms with Crippen molar-refractivity contribution in [2.45, 2.75) is 41.0 Å². The molecule has 1 aromatic heterocycles. The lowest BCUT2D eigenvalue weighted by Gasteiger charge is -2.08. The average Bonchev–Trinajstić information content (AvgIpc) is 2.81. The molecule has 0 atom stereocenters. The largest absolute Gasteiger partial charge is 0.441 e. The van der Waals surface area contributed by atoms with Crippen LogP contribution in [-0.2, 0) is 6.42 Å². The van der Waals surface area contributed by atoms with Gasteiger partial charge in [-0.25, -0.2) is 4.98 Å². The second kappa shape index (κ2) is 6.90. The van der Waals surface area contributed by atoms with Crippen molar-refractivity contribution in [2.75, 3.05) is 13.1 Å². The van der Waals surface area contributed by atoms with Crippen LogP contribution in [0.4, 0.5) is 0 Å². The molecular weight excluding hydrogens is 260 g/mol. The zero-order valence-electron chi connectivity index (χ0n) is 13.8. The average molecular weight is 286 g/mol.